The third-order valence-corrected chi connectivity index (χ3v) is 1.65. The van der Waals surface area contributed by atoms with E-state index in [4.69, 9.17) is 5.21 Å². The van der Waals surface area contributed by atoms with Crippen LogP contribution in [0.4, 0.5) is 0 Å². The van der Waals surface area contributed by atoms with E-state index in [1.807, 2.05) is 18.2 Å². The monoisotopic (exact) mass is 149 g/mol. The van der Waals surface area contributed by atoms with Crippen LogP contribution in [0.2, 0.25) is 0 Å². The lowest BCUT2D eigenvalue weighted by molar-refractivity contribution is 0.319. The normalized spacial score (nSPS) is 18.5. The first kappa shape index (κ1) is 7.79. The number of allylic oxidation sites excluding steroid dienone is 5. The molecular weight excluding hydrogens is 138 g/mol. The van der Waals surface area contributed by atoms with E-state index < -0.39 is 0 Å². The number of hydrogen-bond acceptors (Lipinski definition) is 2. The van der Waals surface area contributed by atoms with Crippen molar-refractivity contribution in [2.45, 2.75) is 13.3 Å². The van der Waals surface area contributed by atoms with Crippen LogP contribution in [0.15, 0.2) is 41.1 Å². The maximum absolute atomic E-state index is 8.44. The van der Waals surface area contributed by atoms with Crippen LogP contribution in [0.25, 0.3) is 0 Å². The second-order valence-corrected chi connectivity index (χ2v) is 2.54. The highest BCUT2D eigenvalue weighted by Gasteiger charge is 2.01. The van der Waals surface area contributed by atoms with Gasteiger partial charge in [0.05, 0.1) is 5.71 Å². The number of oxime groups is 1. The van der Waals surface area contributed by atoms with Crippen molar-refractivity contribution in [3.8, 4) is 0 Å². The Morgan fingerprint density at radius 2 is 2.36 bits per heavy atom. The van der Waals surface area contributed by atoms with E-state index in [2.05, 4.69) is 11.7 Å². The van der Waals surface area contributed by atoms with Crippen LogP contribution >= 0.6 is 0 Å². The SMILES string of the molecule is C=C1C=CC(/C(C)=N/O)=CC1. The minimum Gasteiger partial charge on any atom is -0.411 e. The van der Waals surface area contributed by atoms with Crippen molar-refractivity contribution in [3.05, 3.63) is 36.0 Å². The molecule has 2 nitrogen and oxygen atoms in total. The lowest BCUT2D eigenvalue weighted by Gasteiger charge is -2.05. The Balaban J connectivity index is 2.79. The Morgan fingerprint density at radius 3 is 2.82 bits per heavy atom. The van der Waals surface area contributed by atoms with Gasteiger partial charge in [-0.25, -0.2) is 0 Å². The molecular formula is C9H11NO. The Kier molecular flexibility index (Phi) is 2.26. The first-order valence-corrected chi connectivity index (χ1v) is 3.49. The molecule has 1 aliphatic carbocycles. The molecule has 58 valence electrons. The third kappa shape index (κ3) is 1.80. The molecule has 11 heavy (non-hydrogen) atoms. The van der Waals surface area contributed by atoms with Gasteiger partial charge in [0, 0.05) is 0 Å². The van der Waals surface area contributed by atoms with E-state index in [9.17, 15) is 0 Å². The molecule has 0 saturated heterocycles. The largest absolute Gasteiger partial charge is 0.411 e. The molecule has 0 unspecified atom stereocenters. The molecule has 0 radical (unpaired) electrons. The smallest absolute Gasteiger partial charge is 0.0833 e. The van der Waals surface area contributed by atoms with Crippen molar-refractivity contribution in [2.75, 3.05) is 0 Å². The average molecular weight is 149 g/mol. The molecule has 0 saturated carbocycles. The van der Waals surface area contributed by atoms with Crippen molar-refractivity contribution in [2.24, 2.45) is 5.16 Å². The highest BCUT2D eigenvalue weighted by Crippen LogP contribution is 2.14. The topological polar surface area (TPSA) is 32.6 Å². The fraction of sp³-hybridized carbons (Fsp3) is 0.222. The van der Waals surface area contributed by atoms with Gasteiger partial charge in [0.1, 0.15) is 0 Å². The zero-order valence-electron chi connectivity index (χ0n) is 6.54. The molecule has 0 aromatic carbocycles. The minimum atomic E-state index is 0.647. The summed E-state index contributed by atoms with van der Waals surface area (Å²) in [6.45, 7) is 5.57. The second-order valence-electron chi connectivity index (χ2n) is 2.54. The quantitative estimate of drug-likeness (QED) is 0.346. The molecule has 0 heterocycles. The predicted molar refractivity (Wildman–Crippen MR) is 45.9 cm³/mol. The van der Waals surface area contributed by atoms with E-state index in [1.165, 1.54) is 0 Å². The zero-order valence-corrected chi connectivity index (χ0v) is 6.54. The fourth-order valence-electron chi connectivity index (χ4n) is 0.911. The van der Waals surface area contributed by atoms with E-state index >= 15 is 0 Å². The van der Waals surface area contributed by atoms with Crippen molar-refractivity contribution < 1.29 is 5.21 Å². The van der Waals surface area contributed by atoms with Gasteiger partial charge in [0.25, 0.3) is 0 Å². The van der Waals surface area contributed by atoms with E-state index in [-0.39, 0.29) is 0 Å². The standard InChI is InChI=1S/C9H11NO/c1-7-3-5-9(6-4-7)8(2)10-11/h3,5-6,11H,1,4H2,2H3/b10-8+. The molecule has 0 spiro atoms. The molecule has 0 bridgehead atoms. The van der Waals surface area contributed by atoms with Gasteiger partial charge in [-0.05, 0) is 18.9 Å². The van der Waals surface area contributed by atoms with E-state index in [0.29, 0.717) is 5.71 Å². The molecule has 0 atom stereocenters. The summed E-state index contributed by atoms with van der Waals surface area (Å²) in [5.41, 5.74) is 2.70. The molecule has 1 rings (SSSR count). The van der Waals surface area contributed by atoms with Crippen LogP contribution in [0.1, 0.15) is 13.3 Å². The van der Waals surface area contributed by atoms with Crippen molar-refractivity contribution >= 4 is 5.71 Å². The summed E-state index contributed by atoms with van der Waals surface area (Å²) in [5, 5.41) is 11.5. The Labute approximate surface area is 66.2 Å². The Hall–Kier alpha value is -1.31. The summed E-state index contributed by atoms with van der Waals surface area (Å²) in [6.07, 6.45) is 6.68. The molecule has 1 aliphatic rings. The van der Waals surface area contributed by atoms with Crippen LogP contribution in [-0.4, -0.2) is 10.9 Å². The summed E-state index contributed by atoms with van der Waals surface area (Å²) in [6, 6.07) is 0. The zero-order chi connectivity index (χ0) is 8.27. The molecule has 0 aromatic rings. The highest BCUT2D eigenvalue weighted by molar-refractivity contribution is 6.00. The van der Waals surface area contributed by atoms with Crippen LogP contribution in [0.3, 0.4) is 0 Å². The van der Waals surface area contributed by atoms with Crippen LogP contribution in [0, 0.1) is 0 Å². The summed E-state index contributed by atoms with van der Waals surface area (Å²) in [4.78, 5) is 0. The van der Waals surface area contributed by atoms with Gasteiger partial charge >= 0.3 is 0 Å². The van der Waals surface area contributed by atoms with Crippen LogP contribution < -0.4 is 0 Å². The molecule has 0 aliphatic heterocycles. The summed E-state index contributed by atoms with van der Waals surface area (Å²) in [7, 11) is 0. The van der Waals surface area contributed by atoms with Gasteiger partial charge in [-0.2, -0.15) is 0 Å². The van der Waals surface area contributed by atoms with Crippen LogP contribution in [0.5, 0.6) is 0 Å². The van der Waals surface area contributed by atoms with Crippen LogP contribution in [-0.2, 0) is 0 Å². The van der Waals surface area contributed by atoms with Gasteiger partial charge in [-0.15, -0.1) is 0 Å². The fourth-order valence-corrected chi connectivity index (χ4v) is 0.911. The maximum Gasteiger partial charge on any atom is 0.0833 e. The van der Waals surface area contributed by atoms with Gasteiger partial charge in [0.2, 0.25) is 0 Å². The van der Waals surface area contributed by atoms with Crippen molar-refractivity contribution in [1.82, 2.24) is 0 Å². The third-order valence-electron chi connectivity index (χ3n) is 1.65. The minimum absolute atomic E-state index is 0.647. The van der Waals surface area contributed by atoms with Crippen molar-refractivity contribution in [1.29, 1.82) is 0 Å². The summed E-state index contributed by atoms with van der Waals surface area (Å²) >= 11 is 0. The number of hydrogen-bond donors (Lipinski definition) is 1. The number of nitrogens with zero attached hydrogens (tertiary/aromatic N) is 1. The lowest BCUT2D eigenvalue weighted by atomic mass is 10.0. The summed E-state index contributed by atoms with van der Waals surface area (Å²) < 4.78 is 0. The van der Waals surface area contributed by atoms with E-state index in [0.717, 1.165) is 17.6 Å². The summed E-state index contributed by atoms with van der Waals surface area (Å²) in [5.74, 6) is 0. The number of rotatable bonds is 1. The molecule has 0 fully saturated rings. The van der Waals surface area contributed by atoms with Gasteiger partial charge in [-0.1, -0.05) is 35.5 Å². The Bertz CT molecular complexity index is 259. The van der Waals surface area contributed by atoms with E-state index in [1.54, 1.807) is 6.92 Å². The first-order chi connectivity index (χ1) is 5.24. The van der Waals surface area contributed by atoms with Gasteiger partial charge in [-0.3, -0.25) is 0 Å². The highest BCUT2D eigenvalue weighted by atomic mass is 16.4. The molecule has 2 heteroatoms. The molecule has 0 aromatic heterocycles. The van der Waals surface area contributed by atoms with Gasteiger partial charge < -0.3 is 5.21 Å². The lowest BCUT2D eigenvalue weighted by Crippen LogP contribution is -1.97. The first-order valence-electron chi connectivity index (χ1n) is 3.49. The predicted octanol–water partition coefficient (Wildman–Crippen LogP) is 2.28. The second kappa shape index (κ2) is 3.19. The van der Waals surface area contributed by atoms with Crippen molar-refractivity contribution in [3.63, 3.8) is 0 Å². The Morgan fingerprint density at radius 1 is 1.64 bits per heavy atom. The molecule has 0 amide bonds. The maximum atomic E-state index is 8.44. The molecule has 1 N–H and O–H groups in total. The van der Waals surface area contributed by atoms with Gasteiger partial charge in [0.15, 0.2) is 0 Å². The average Bonchev–Trinajstić information content (AvgIpc) is 2.05.